The Kier molecular flexibility index (Phi) is 2.45. The molecule has 0 aromatic carbocycles. The maximum Gasteiger partial charge on any atom is 0.208 e. The Morgan fingerprint density at radius 3 is 3.06 bits per heavy atom. The van der Waals surface area contributed by atoms with Crippen LogP contribution in [0.15, 0.2) is 11.2 Å². The van der Waals surface area contributed by atoms with Crippen LogP contribution in [0.2, 0.25) is 4.47 Å². The first-order valence-corrected chi connectivity index (χ1v) is 6.50. The van der Waals surface area contributed by atoms with Gasteiger partial charge < -0.3 is 4.90 Å². The van der Waals surface area contributed by atoms with Gasteiger partial charge in [0.1, 0.15) is 0 Å². The van der Waals surface area contributed by atoms with Gasteiger partial charge in [0.2, 0.25) is 5.96 Å². The molecule has 3 rings (SSSR count). The maximum absolute atomic E-state index is 8.71. The summed E-state index contributed by atoms with van der Waals surface area (Å²) in [5.74, 6) is 0.675. The molecule has 17 heavy (non-hydrogen) atoms. The number of nitrogens with one attached hydrogen (secondary N) is 1. The van der Waals surface area contributed by atoms with E-state index in [1.807, 2.05) is 6.19 Å². The van der Waals surface area contributed by atoms with Crippen molar-refractivity contribution in [3.05, 3.63) is 15.5 Å². The molecule has 0 atom stereocenters. The molecular weight excluding hydrogens is 258 g/mol. The van der Waals surface area contributed by atoms with E-state index < -0.39 is 0 Å². The molecule has 1 spiro atoms. The molecule has 2 aliphatic rings. The van der Waals surface area contributed by atoms with Crippen LogP contribution in [-0.4, -0.2) is 27.9 Å². The zero-order chi connectivity index (χ0) is 11.9. The summed E-state index contributed by atoms with van der Waals surface area (Å²) in [7, 11) is 0. The minimum Gasteiger partial charge on any atom is -0.335 e. The van der Waals surface area contributed by atoms with Gasteiger partial charge in [-0.1, -0.05) is 11.6 Å². The number of nitrogens with zero attached hydrogens (tertiary/aromatic N) is 4. The van der Waals surface area contributed by atoms with Crippen LogP contribution in [0, 0.1) is 11.5 Å². The minimum atomic E-state index is 0.0770. The second-order valence-electron chi connectivity index (χ2n) is 4.33. The van der Waals surface area contributed by atoms with E-state index >= 15 is 0 Å². The van der Waals surface area contributed by atoms with E-state index in [1.54, 1.807) is 6.20 Å². The zero-order valence-electron chi connectivity index (χ0n) is 8.98. The molecule has 0 unspecified atom stereocenters. The highest BCUT2D eigenvalue weighted by Gasteiger charge is 2.49. The molecule has 1 N–H and O–H groups in total. The van der Waals surface area contributed by atoms with Gasteiger partial charge in [-0.2, -0.15) is 5.26 Å². The number of hydrogen-bond donors (Lipinski definition) is 1. The Labute approximate surface area is 108 Å². The average Bonchev–Trinajstić information content (AvgIpc) is 2.77. The summed E-state index contributed by atoms with van der Waals surface area (Å²) in [5.41, 5.74) is 0.0770. The number of halogens is 1. The summed E-state index contributed by atoms with van der Waals surface area (Å²) in [6, 6.07) is 0. The van der Waals surface area contributed by atoms with Crippen LogP contribution in [0.25, 0.3) is 0 Å². The Balaban J connectivity index is 1.75. The Hall–Kier alpha value is -1.32. The molecule has 1 aliphatic carbocycles. The molecule has 1 aliphatic heterocycles. The Bertz CT molecular complexity index is 513. The van der Waals surface area contributed by atoms with Gasteiger partial charge in [-0.15, -0.1) is 11.3 Å². The van der Waals surface area contributed by atoms with E-state index in [9.17, 15) is 0 Å². The predicted molar refractivity (Wildman–Crippen MR) is 65.7 cm³/mol. The first-order chi connectivity index (χ1) is 8.21. The molecule has 1 aromatic rings. The van der Waals surface area contributed by atoms with Gasteiger partial charge in [-0.3, -0.25) is 5.32 Å². The van der Waals surface area contributed by atoms with E-state index in [4.69, 9.17) is 16.9 Å². The number of thiazole rings is 1. The smallest absolute Gasteiger partial charge is 0.208 e. The topological polar surface area (TPSA) is 64.3 Å². The molecule has 1 aromatic heterocycles. The largest absolute Gasteiger partial charge is 0.335 e. The van der Waals surface area contributed by atoms with Gasteiger partial charge in [0.05, 0.1) is 12.1 Å². The van der Waals surface area contributed by atoms with Gasteiger partial charge in [0.25, 0.3) is 0 Å². The molecule has 0 bridgehead atoms. The highest BCUT2D eigenvalue weighted by Crippen LogP contribution is 2.44. The van der Waals surface area contributed by atoms with E-state index in [0.717, 1.165) is 24.3 Å². The van der Waals surface area contributed by atoms with Crippen LogP contribution in [0.4, 0.5) is 0 Å². The van der Waals surface area contributed by atoms with Crippen molar-refractivity contribution in [2.45, 2.75) is 24.9 Å². The lowest BCUT2D eigenvalue weighted by molar-refractivity contribution is 0.407. The summed E-state index contributed by atoms with van der Waals surface area (Å²) < 4.78 is 0.548. The van der Waals surface area contributed by atoms with E-state index in [2.05, 4.69) is 20.2 Å². The second kappa shape index (κ2) is 3.86. The van der Waals surface area contributed by atoms with Crippen LogP contribution in [0.5, 0.6) is 0 Å². The standard InChI is InChI=1S/C10H10ClN5S/c11-8-13-3-7(17-8)4-16-5-10(1-2-10)15-9(16)14-6-12/h3H,1-2,4-5H2,(H,14,15). The molecule has 0 amide bonds. The van der Waals surface area contributed by atoms with Gasteiger partial charge in [-0.25, -0.2) is 9.98 Å². The first kappa shape index (κ1) is 10.8. The van der Waals surface area contributed by atoms with Gasteiger partial charge in [0.15, 0.2) is 10.7 Å². The lowest BCUT2D eigenvalue weighted by Gasteiger charge is -2.18. The first-order valence-electron chi connectivity index (χ1n) is 5.31. The summed E-state index contributed by atoms with van der Waals surface area (Å²) in [6.45, 7) is 1.59. The summed E-state index contributed by atoms with van der Waals surface area (Å²) in [5, 5.41) is 11.4. The fourth-order valence-electron chi connectivity index (χ4n) is 2.01. The van der Waals surface area contributed by atoms with Crippen LogP contribution >= 0.6 is 22.9 Å². The monoisotopic (exact) mass is 267 g/mol. The van der Waals surface area contributed by atoms with E-state index in [0.29, 0.717) is 17.0 Å². The SMILES string of the molecule is N#CNC1=NC2(CC2)CN1Cc1cnc(Cl)s1. The fraction of sp³-hybridized carbons (Fsp3) is 0.500. The lowest BCUT2D eigenvalue weighted by Crippen LogP contribution is -2.36. The molecular formula is C10H10ClN5S. The third-order valence-electron chi connectivity index (χ3n) is 2.99. The van der Waals surface area contributed by atoms with Crippen molar-refractivity contribution in [3.63, 3.8) is 0 Å². The molecule has 0 radical (unpaired) electrons. The number of aromatic nitrogens is 1. The van der Waals surface area contributed by atoms with Crippen molar-refractivity contribution >= 4 is 28.9 Å². The van der Waals surface area contributed by atoms with E-state index in [1.165, 1.54) is 11.3 Å². The Morgan fingerprint density at radius 2 is 2.47 bits per heavy atom. The van der Waals surface area contributed by atoms with Gasteiger partial charge in [0, 0.05) is 17.6 Å². The fourth-order valence-corrected chi connectivity index (χ4v) is 3.00. The van der Waals surface area contributed by atoms with Gasteiger partial charge >= 0.3 is 0 Å². The van der Waals surface area contributed by atoms with Crippen molar-refractivity contribution in [2.75, 3.05) is 6.54 Å². The summed E-state index contributed by atoms with van der Waals surface area (Å²) in [6.07, 6.45) is 5.94. The summed E-state index contributed by atoms with van der Waals surface area (Å²) in [4.78, 5) is 11.7. The number of hydrogen-bond acceptors (Lipinski definition) is 6. The molecule has 1 fully saturated rings. The molecule has 5 nitrogen and oxygen atoms in total. The molecule has 88 valence electrons. The number of rotatable bonds is 2. The maximum atomic E-state index is 8.71. The molecule has 1 saturated carbocycles. The minimum absolute atomic E-state index is 0.0770. The third-order valence-corrected chi connectivity index (χ3v) is 4.09. The van der Waals surface area contributed by atoms with Crippen LogP contribution in [-0.2, 0) is 6.54 Å². The molecule has 0 saturated heterocycles. The van der Waals surface area contributed by atoms with Crippen LogP contribution in [0.3, 0.4) is 0 Å². The zero-order valence-corrected chi connectivity index (χ0v) is 10.6. The number of nitriles is 1. The number of aliphatic imine (C=N–C) groups is 1. The Morgan fingerprint density at radius 1 is 1.65 bits per heavy atom. The predicted octanol–water partition coefficient (Wildman–Crippen LogP) is 1.57. The van der Waals surface area contributed by atoms with E-state index in [-0.39, 0.29) is 5.54 Å². The highest BCUT2D eigenvalue weighted by atomic mass is 35.5. The second-order valence-corrected chi connectivity index (χ2v) is 6.03. The van der Waals surface area contributed by atoms with Crippen molar-refractivity contribution in [1.82, 2.24) is 15.2 Å². The molecule has 7 heteroatoms. The average molecular weight is 268 g/mol. The highest BCUT2D eigenvalue weighted by molar-refractivity contribution is 7.15. The van der Waals surface area contributed by atoms with Crippen molar-refractivity contribution < 1.29 is 0 Å². The van der Waals surface area contributed by atoms with Crippen molar-refractivity contribution in [2.24, 2.45) is 4.99 Å². The quantitative estimate of drug-likeness (QED) is 0.653. The van der Waals surface area contributed by atoms with Gasteiger partial charge in [-0.05, 0) is 12.8 Å². The summed E-state index contributed by atoms with van der Waals surface area (Å²) >= 11 is 7.26. The van der Waals surface area contributed by atoms with Crippen molar-refractivity contribution in [1.29, 1.82) is 5.26 Å². The number of guanidine groups is 1. The third kappa shape index (κ3) is 2.08. The van der Waals surface area contributed by atoms with Crippen LogP contribution < -0.4 is 5.32 Å². The van der Waals surface area contributed by atoms with Crippen molar-refractivity contribution in [3.8, 4) is 6.19 Å². The van der Waals surface area contributed by atoms with Crippen LogP contribution in [0.1, 0.15) is 17.7 Å². The molecule has 2 heterocycles. The normalized spacial score (nSPS) is 20.2. The lowest BCUT2D eigenvalue weighted by atomic mass is 10.3.